The summed E-state index contributed by atoms with van der Waals surface area (Å²) < 4.78 is 11.3. The molecule has 5 heteroatoms. The summed E-state index contributed by atoms with van der Waals surface area (Å²) in [5.74, 6) is 0.877. The Balaban J connectivity index is 1.81. The van der Waals surface area contributed by atoms with Crippen molar-refractivity contribution in [1.82, 2.24) is 10.2 Å². The van der Waals surface area contributed by atoms with Gasteiger partial charge in [0.1, 0.15) is 11.9 Å². The Morgan fingerprint density at radius 2 is 1.96 bits per heavy atom. The molecule has 1 N–H and O–H groups in total. The molecule has 1 fully saturated rings. The summed E-state index contributed by atoms with van der Waals surface area (Å²) >= 11 is 0. The third-order valence-electron chi connectivity index (χ3n) is 4.02. The molecule has 1 aliphatic rings. The van der Waals surface area contributed by atoms with Crippen LogP contribution >= 0.6 is 0 Å². The van der Waals surface area contributed by atoms with Crippen LogP contribution in [0.5, 0.6) is 5.75 Å². The zero-order valence-corrected chi connectivity index (χ0v) is 14.2. The van der Waals surface area contributed by atoms with Gasteiger partial charge in [-0.05, 0) is 63.5 Å². The van der Waals surface area contributed by atoms with E-state index in [-0.39, 0.29) is 12.0 Å². The SMILES string of the molecule is CCOCCCN(C)C(=O)c1ccc(OC2CCNCC2)cc1. The van der Waals surface area contributed by atoms with Crippen LogP contribution in [0.15, 0.2) is 24.3 Å². The van der Waals surface area contributed by atoms with Gasteiger partial charge in [-0.3, -0.25) is 4.79 Å². The monoisotopic (exact) mass is 320 g/mol. The number of hydrogen-bond donors (Lipinski definition) is 1. The maximum Gasteiger partial charge on any atom is 0.253 e. The van der Waals surface area contributed by atoms with Crippen LogP contribution in [0.2, 0.25) is 0 Å². The van der Waals surface area contributed by atoms with Crippen molar-refractivity contribution in [2.24, 2.45) is 0 Å². The first-order chi connectivity index (χ1) is 11.2. The van der Waals surface area contributed by atoms with Crippen LogP contribution in [0.4, 0.5) is 0 Å². The summed E-state index contributed by atoms with van der Waals surface area (Å²) in [6, 6.07) is 7.47. The highest BCUT2D eigenvalue weighted by Gasteiger charge is 2.15. The van der Waals surface area contributed by atoms with Crippen molar-refractivity contribution in [3.63, 3.8) is 0 Å². The van der Waals surface area contributed by atoms with Crippen LogP contribution in [-0.4, -0.2) is 56.8 Å². The molecule has 0 atom stereocenters. The molecule has 0 spiro atoms. The van der Waals surface area contributed by atoms with Crippen molar-refractivity contribution in [3.05, 3.63) is 29.8 Å². The maximum absolute atomic E-state index is 12.3. The molecule has 1 aromatic carbocycles. The first-order valence-corrected chi connectivity index (χ1v) is 8.51. The van der Waals surface area contributed by atoms with Gasteiger partial charge < -0.3 is 19.7 Å². The average Bonchev–Trinajstić information content (AvgIpc) is 2.59. The second-order valence-corrected chi connectivity index (χ2v) is 5.87. The van der Waals surface area contributed by atoms with Gasteiger partial charge >= 0.3 is 0 Å². The van der Waals surface area contributed by atoms with E-state index in [2.05, 4.69) is 5.32 Å². The van der Waals surface area contributed by atoms with Crippen LogP contribution < -0.4 is 10.1 Å². The van der Waals surface area contributed by atoms with E-state index in [1.165, 1.54) is 0 Å². The zero-order valence-electron chi connectivity index (χ0n) is 14.2. The molecule has 2 rings (SSSR count). The number of amides is 1. The summed E-state index contributed by atoms with van der Waals surface area (Å²) in [5, 5.41) is 3.32. The van der Waals surface area contributed by atoms with Crippen LogP contribution in [0, 0.1) is 0 Å². The van der Waals surface area contributed by atoms with Gasteiger partial charge in [-0.25, -0.2) is 0 Å². The molecule has 1 aliphatic heterocycles. The van der Waals surface area contributed by atoms with Crippen LogP contribution in [0.1, 0.15) is 36.5 Å². The molecule has 1 amide bonds. The Kier molecular flexibility index (Phi) is 7.36. The van der Waals surface area contributed by atoms with Gasteiger partial charge in [0, 0.05) is 32.4 Å². The third-order valence-corrected chi connectivity index (χ3v) is 4.02. The van der Waals surface area contributed by atoms with Crippen molar-refractivity contribution in [1.29, 1.82) is 0 Å². The van der Waals surface area contributed by atoms with E-state index in [9.17, 15) is 4.79 Å². The van der Waals surface area contributed by atoms with E-state index >= 15 is 0 Å². The summed E-state index contributed by atoms with van der Waals surface area (Å²) in [7, 11) is 1.83. The normalized spacial score (nSPS) is 15.4. The van der Waals surface area contributed by atoms with Gasteiger partial charge in [-0.15, -0.1) is 0 Å². The number of hydrogen-bond acceptors (Lipinski definition) is 4. The Bertz CT molecular complexity index is 470. The second-order valence-electron chi connectivity index (χ2n) is 5.87. The molecule has 1 saturated heterocycles. The standard InChI is InChI=1S/C18H28N2O3/c1-3-22-14-4-13-20(2)18(21)15-5-7-16(8-6-15)23-17-9-11-19-12-10-17/h5-8,17,19H,3-4,9-14H2,1-2H3. The minimum Gasteiger partial charge on any atom is -0.490 e. The number of carbonyl (C=O) groups excluding carboxylic acids is 1. The number of rotatable bonds is 8. The lowest BCUT2D eigenvalue weighted by Crippen LogP contribution is -2.34. The van der Waals surface area contributed by atoms with Gasteiger partial charge in [0.2, 0.25) is 0 Å². The topological polar surface area (TPSA) is 50.8 Å². The quantitative estimate of drug-likeness (QED) is 0.747. The lowest BCUT2D eigenvalue weighted by Gasteiger charge is -2.24. The molecule has 23 heavy (non-hydrogen) atoms. The molecule has 5 nitrogen and oxygen atoms in total. The predicted molar refractivity (Wildman–Crippen MR) is 91.0 cm³/mol. The van der Waals surface area contributed by atoms with E-state index in [4.69, 9.17) is 9.47 Å². The van der Waals surface area contributed by atoms with Gasteiger partial charge in [0.15, 0.2) is 0 Å². The lowest BCUT2D eigenvalue weighted by atomic mass is 10.1. The predicted octanol–water partition coefficient (Wildman–Crippen LogP) is 2.32. The Hall–Kier alpha value is -1.59. The highest BCUT2D eigenvalue weighted by molar-refractivity contribution is 5.94. The number of benzene rings is 1. The molecule has 1 heterocycles. The number of piperidine rings is 1. The smallest absolute Gasteiger partial charge is 0.253 e. The fraction of sp³-hybridized carbons (Fsp3) is 0.611. The van der Waals surface area contributed by atoms with Crippen molar-refractivity contribution in [3.8, 4) is 5.75 Å². The Morgan fingerprint density at radius 1 is 1.26 bits per heavy atom. The molecular weight excluding hydrogens is 292 g/mol. The molecule has 1 aromatic rings. The van der Waals surface area contributed by atoms with Gasteiger partial charge in [0.25, 0.3) is 5.91 Å². The van der Waals surface area contributed by atoms with Crippen LogP contribution in [-0.2, 0) is 4.74 Å². The number of nitrogens with zero attached hydrogens (tertiary/aromatic N) is 1. The highest BCUT2D eigenvalue weighted by atomic mass is 16.5. The largest absolute Gasteiger partial charge is 0.490 e. The molecule has 0 aliphatic carbocycles. The van der Waals surface area contributed by atoms with Crippen LogP contribution in [0.25, 0.3) is 0 Å². The molecule has 0 aromatic heterocycles. The summed E-state index contributed by atoms with van der Waals surface area (Å²) in [6.07, 6.45) is 3.19. The maximum atomic E-state index is 12.3. The number of ether oxygens (including phenoxy) is 2. The van der Waals surface area contributed by atoms with Crippen molar-refractivity contribution >= 4 is 5.91 Å². The fourth-order valence-corrected chi connectivity index (χ4v) is 2.65. The minimum absolute atomic E-state index is 0.0370. The summed E-state index contributed by atoms with van der Waals surface area (Å²) in [6.45, 7) is 6.10. The number of carbonyl (C=O) groups is 1. The van der Waals surface area contributed by atoms with E-state index in [1.807, 2.05) is 38.2 Å². The van der Waals surface area contributed by atoms with E-state index in [0.717, 1.165) is 44.7 Å². The van der Waals surface area contributed by atoms with Crippen molar-refractivity contribution in [2.45, 2.75) is 32.3 Å². The van der Waals surface area contributed by atoms with Gasteiger partial charge in [0.05, 0.1) is 0 Å². The second kappa shape index (κ2) is 9.53. The van der Waals surface area contributed by atoms with Crippen LogP contribution in [0.3, 0.4) is 0 Å². The van der Waals surface area contributed by atoms with E-state index in [0.29, 0.717) is 18.7 Å². The lowest BCUT2D eigenvalue weighted by molar-refractivity contribution is 0.0769. The Labute approximate surface area is 139 Å². The summed E-state index contributed by atoms with van der Waals surface area (Å²) in [5.41, 5.74) is 0.696. The van der Waals surface area contributed by atoms with E-state index in [1.54, 1.807) is 4.90 Å². The molecule has 128 valence electrons. The van der Waals surface area contributed by atoms with Gasteiger partial charge in [-0.1, -0.05) is 0 Å². The average molecular weight is 320 g/mol. The van der Waals surface area contributed by atoms with E-state index < -0.39 is 0 Å². The molecular formula is C18H28N2O3. The highest BCUT2D eigenvalue weighted by Crippen LogP contribution is 2.18. The first-order valence-electron chi connectivity index (χ1n) is 8.51. The van der Waals surface area contributed by atoms with Gasteiger partial charge in [-0.2, -0.15) is 0 Å². The number of nitrogens with one attached hydrogen (secondary N) is 1. The van der Waals surface area contributed by atoms with Crippen molar-refractivity contribution < 1.29 is 14.3 Å². The molecule has 0 bridgehead atoms. The zero-order chi connectivity index (χ0) is 16.5. The molecule has 0 unspecified atom stereocenters. The minimum atomic E-state index is 0.0370. The first kappa shape index (κ1) is 17.8. The molecule has 0 saturated carbocycles. The van der Waals surface area contributed by atoms with Crippen molar-refractivity contribution in [2.75, 3.05) is 39.9 Å². The third kappa shape index (κ3) is 5.84. The molecule has 0 radical (unpaired) electrons. The Morgan fingerprint density at radius 3 is 2.61 bits per heavy atom. The fourth-order valence-electron chi connectivity index (χ4n) is 2.65. The summed E-state index contributed by atoms with van der Waals surface area (Å²) in [4.78, 5) is 14.1.